The molecular weight excluding hydrogens is 574 g/mol. The number of hydrogen-bond donors (Lipinski definition) is 3. The largest absolute Gasteiger partial charge is 0.383 e. The van der Waals surface area contributed by atoms with Gasteiger partial charge in [0.15, 0.2) is 5.65 Å². The standard InChI is InChI=1S/C28H30BrN9O2/c29-20-3-1-2-18(14-20)22-15-23(35-27-25(22)26(30)32-17-33-27)19-4-5-24(31-16-19)37-8-6-21(7-9-37)34-28(39)36-38-10-12-40-13-11-38/h1-5,14-17,21H,6-13H2,(H2,34,36,39)(H2,30,32,33,35). The van der Waals surface area contributed by atoms with Gasteiger partial charge in [-0.15, -0.1) is 0 Å². The normalized spacial score (nSPS) is 16.7. The number of rotatable bonds is 5. The average molecular weight is 605 g/mol. The second-order valence-corrected chi connectivity index (χ2v) is 10.8. The fraction of sp³-hybridized carbons (Fsp3) is 0.321. The minimum Gasteiger partial charge on any atom is -0.383 e. The molecule has 0 radical (unpaired) electrons. The number of carbonyl (C=O) groups excluding carboxylic acids is 1. The van der Waals surface area contributed by atoms with E-state index < -0.39 is 0 Å². The highest BCUT2D eigenvalue weighted by molar-refractivity contribution is 9.10. The summed E-state index contributed by atoms with van der Waals surface area (Å²) in [7, 11) is 0. The first-order chi connectivity index (χ1) is 19.5. The Kier molecular flexibility index (Phi) is 7.71. The van der Waals surface area contributed by atoms with E-state index in [1.54, 1.807) is 0 Å². The number of piperidine rings is 1. The lowest BCUT2D eigenvalue weighted by molar-refractivity contribution is 0.0192. The zero-order valence-electron chi connectivity index (χ0n) is 21.9. The molecular formula is C28H30BrN9O2. The highest BCUT2D eigenvalue weighted by Crippen LogP contribution is 2.34. The molecule has 0 bridgehead atoms. The molecule has 0 unspecified atom stereocenters. The highest BCUT2D eigenvalue weighted by Gasteiger charge is 2.23. The lowest BCUT2D eigenvalue weighted by atomic mass is 10.0. The molecule has 2 amide bonds. The molecule has 40 heavy (non-hydrogen) atoms. The van der Waals surface area contributed by atoms with E-state index in [2.05, 4.69) is 41.5 Å². The molecule has 1 aromatic carbocycles. The van der Waals surface area contributed by atoms with E-state index in [1.165, 1.54) is 6.33 Å². The number of halogens is 1. The van der Waals surface area contributed by atoms with E-state index in [0.29, 0.717) is 37.8 Å². The molecule has 11 nitrogen and oxygen atoms in total. The lowest BCUT2D eigenvalue weighted by Gasteiger charge is -2.34. The van der Waals surface area contributed by atoms with Crippen molar-refractivity contribution in [2.45, 2.75) is 18.9 Å². The molecule has 0 aliphatic carbocycles. The van der Waals surface area contributed by atoms with Gasteiger partial charge in [-0.1, -0.05) is 28.1 Å². The van der Waals surface area contributed by atoms with E-state index >= 15 is 0 Å². The minimum absolute atomic E-state index is 0.129. The number of aromatic nitrogens is 4. The van der Waals surface area contributed by atoms with E-state index in [4.69, 9.17) is 20.4 Å². The number of carbonyl (C=O) groups is 1. The van der Waals surface area contributed by atoms with Gasteiger partial charge < -0.3 is 20.7 Å². The predicted molar refractivity (Wildman–Crippen MR) is 157 cm³/mol. The molecule has 0 spiro atoms. The van der Waals surface area contributed by atoms with Crippen molar-refractivity contribution in [2.24, 2.45) is 0 Å². The van der Waals surface area contributed by atoms with Crippen LogP contribution in [0, 0.1) is 0 Å². The van der Waals surface area contributed by atoms with Crippen LogP contribution in [0.3, 0.4) is 0 Å². The molecule has 12 heteroatoms. The minimum atomic E-state index is -0.153. The SMILES string of the molecule is Nc1ncnc2nc(-c3ccc(N4CCC(NC(=O)NN5CCOCC5)CC4)nc3)cc(-c3cccc(Br)c3)c12. The number of anilines is 2. The van der Waals surface area contributed by atoms with Crippen LogP contribution < -0.4 is 21.4 Å². The van der Waals surface area contributed by atoms with Crippen molar-refractivity contribution in [3.8, 4) is 22.4 Å². The van der Waals surface area contributed by atoms with Gasteiger partial charge >= 0.3 is 6.03 Å². The number of nitrogen functional groups attached to an aromatic ring is 1. The Morgan fingerprint density at radius 1 is 1.00 bits per heavy atom. The number of ether oxygens (including phenoxy) is 1. The predicted octanol–water partition coefficient (Wildman–Crippen LogP) is 3.61. The fourth-order valence-electron chi connectivity index (χ4n) is 5.13. The molecule has 2 saturated heterocycles. The smallest absolute Gasteiger partial charge is 0.329 e. The van der Waals surface area contributed by atoms with E-state index in [1.807, 2.05) is 53.7 Å². The Morgan fingerprint density at radius 3 is 2.58 bits per heavy atom. The average Bonchev–Trinajstić information content (AvgIpc) is 2.98. The topological polar surface area (TPSA) is 134 Å². The maximum absolute atomic E-state index is 12.4. The molecule has 4 N–H and O–H groups in total. The maximum atomic E-state index is 12.4. The lowest BCUT2D eigenvalue weighted by Crippen LogP contribution is -2.55. The Labute approximate surface area is 240 Å². The van der Waals surface area contributed by atoms with E-state index in [0.717, 1.165) is 64.0 Å². The number of pyridine rings is 2. The number of amides is 2. The fourth-order valence-corrected chi connectivity index (χ4v) is 5.53. The number of nitrogens with two attached hydrogens (primary N) is 1. The zero-order valence-corrected chi connectivity index (χ0v) is 23.5. The summed E-state index contributed by atoms with van der Waals surface area (Å²) < 4.78 is 6.29. The molecule has 3 aromatic heterocycles. The van der Waals surface area contributed by atoms with Crippen LogP contribution in [0.4, 0.5) is 16.4 Å². The molecule has 4 aromatic rings. The zero-order chi connectivity index (χ0) is 27.5. The van der Waals surface area contributed by atoms with E-state index in [9.17, 15) is 4.79 Å². The maximum Gasteiger partial charge on any atom is 0.329 e. The van der Waals surface area contributed by atoms with Gasteiger partial charge in [-0.2, -0.15) is 0 Å². The summed E-state index contributed by atoms with van der Waals surface area (Å²) in [4.78, 5) is 32.8. The van der Waals surface area contributed by atoms with Gasteiger partial charge in [0.25, 0.3) is 0 Å². The van der Waals surface area contributed by atoms with Crippen LogP contribution in [0.5, 0.6) is 0 Å². The van der Waals surface area contributed by atoms with Crippen molar-refractivity contribution in [1.82, 2.24) is 35.7 Å². The molecule has 6 rings (SSSR count). The summed E-state index contributed by atoms with van der Waals surface area (Å²) in [6.07, 6.45) is 4.98. The van der Waals surface area contributed by atoms with Crippen molar-refractivity contribution in [3.63, 3.8) is 0 Å². The molecule has 206 valence electrons. The molecule has 5 heterocycles. The third kappa shape index (κ3) is 5.83. The van der Waals surface area contributed by atoms with Crippen LogP contribution in [-0.4, -0.2) is 76.4 Å². The molecule has 2 fully saturated rings. The quantitative estimate of drug-likeness (QED) is 0.312. The van der Waals surface area contributed by atoms with Gasteiger partial charge in [-0.25, -0.2) is 29.7 Å². The van der Waals surface area contributed by atoms with Gasteiger partial charge in [-0.05, 0) is 54.3 Å². The third-order valence-corrected chi connectivity index (χ3v) is 7.73. The number of hydrogen-bond acceptors (Lipinski definition) is 9. The van der Waals surface area contributed by atoms with Crippen molar-refractivity contribution < 1.29 is 9.53 Å². The van der Waals surface area contributed by atoms with E-state index in [-0.39, 0.29) is 12.1 Å². The molecule has 0 saturated carbocycles. The number of hydrazine groups is 1. The molecule has 2 aliphatic heterocycles. The Bertz CT molecular complexity index is 1500. The molecule has 2 aliphatic rings. The van der Waals surface area contributed by atoms with Gasteiger partial charge in [0.2, 0.25) is 0 Å². The highest BCUT2D eigenvalue weighted by atomic mass is 79.9. The summed E-state index contributed by atoms with van der Waals surface area (Å²) in [5, 5.41) is 5.72. The first-order valence-electron chi connectivity index (χ1n) is 13.3. The number of nitrogens with zero attached hydrogens (tertiary/aromatic N) is 6. The van der Waals surface area contributed by atoms with Crippen LogP contribution in [0.15, 0.2) is 59.5 Å². The first-order valence-corrected chi connectivity index (χ1v) is 14.1. The summed E-state index contributed by atoms with van der Waals surface area (Å²) in [5.41, 5.74) is 13.2. The van der Waals surface area contributed by atoms with Crippen LogP contribution in [0.25, 0.3) is 33.4 Å². The summed E-state index contributed by atoms with van der Waals surface area (Å²) in [6, 6.07) is 14.1. The van der Waals surface area contributed by atoms with Gasteiger partial charge in [0.1, 0.15) is 18.0 Å². The van der Waals surface area contributed by atoms with Crippen LogP contribution in [-0.2, 0) is 4.74 Å². The van der Waals surface area contributed by atoms with Crippen molar-refractivity contribution in [1.29, 1.82) is 0 Å². The monoisotopic (exact) mass is 603 g/mol. The summed E-state index contributed by atoms with van der Waals surface area (Å²) >= 11 is 3.56. The number of benzene rings is 1. The van der Waals surface area contributed by atoms with Crippen LogP contribution >= 0.6 is 15.9 Å². The Balaban J connectivity index is 1.15. The number of fused-ring (bicyclic) bond motifs is 1. The summed E-state index contributed by atoms with van der Waals surface area (Å²) in [6.45, 7) is 4.30. The number of urea groups is 1. The molecule has 0 atom stereocenters. The van der Waals surface area contributed by atoms with Crippen molar-refractivity contribution in [3.05, 3.63) is 59.5 Å². The van der Waals surface area contributed by atoms with Crippen LogP contribution in [0.2, 0.25) is 0 Å². The Morgan fingerprint density at radius 2 is 1.82 bits per heavy atom. The van der Waals surface area contributed by atoms with Gasteiger partial charge in [-0.3, -0.25) is 5.43 Å². The number of nitrogens with one attached hydrogen (secondary N) is 2. The second kappa shape index (κ2) is 11.7. The summed E-state index contributed by atoms with van der Waals surface area (Å²) in [5.74, 6) is 1.29. The van der Waals surface area contributed by atoms with Crippen LogP contribution in [0.1, 0.15) is 12.8 Å². The second-order valence-electron chi connectivity index (χ2n) is 9.87. The van der Waals surface area contributed by atoms with Gasteiger partial charge in [0.05, 0.1) is 24.3 Å². The first kappa shape index (κ1) is 26.4. The third-order valence-electron chi connectivity index (χ3n) is 7.24. The van der Waals surface area contributed by atoms with Crippen molar-refractivity contribution >= 4 is 44.6 Å². The Hall–Kier alpha value is -3.87. The number of morpholine rings is 1. The van der Waals surface area contributed by atoms with Gasteiger partial charge in [0, 0.05) is 48.5 Å². The van der Waals surface area contributed by atoms with Crippen molar-refractivity contribution in [2.75, 3.05) is 50.0 Å².